The van der Waals surface area contributed by atoms with E-state index >= 15 is 0 Å². The van der Waals surface area contributed by atoms with Crippen molar-refractivity contribution in [2.45, 2.75) is 31.3 Å². The number of carbonyl (C=O) groups excluding carboxylic acids is 2. The summed E-state index contributed by atoms with van der Waals surface area (Å²) in [4.78, 5) is 26.5. The molecule has 6 heteroatoms. The van der Waals surface area contributed by atoms with Gasteiger partial charge in [-0.2, -0.15) is 0 Å². The van der Waals surface area contributed by atoms with E-state index < -0.39 is 0 Å². The van der Waals surface area contributed by atoms with Crippen LogP contribution in [0.4, 0.5) is 0 Å². The van der Waals surface area contributed by atoms with Crippen molar-refractivity contribution < 1.29 is 14.3 Å². The lowest BCUT2D eigenvalue weighted by Gasteiger charge is -2.25. The molecule has 0 unspecified atom stereocenters. The van der Waals surface area contributed by atoms with Gasteiger partial charge >= 0.3 is 0 Å². The minimum Gasteiger partial charge on any atom is -0.497 e. The molecule has 0 aliphatic carbocycles. The summed E-state index contributed by atoms with van der Waals surface area (Å²) in [6, 6.07) is 15.9. The third-order valence-corrected chi connectivity index (χ3v) is 5.73. The molecule has 0 spiro atoms. The van der Waals surface area contributed by atoms with E-state index in [9.17, 15) is 9.59 Å². The SMILES string of the molecule is CNC(=O)C[C@H]1CC[C@@H](CNC(=O)c2cccc(-c3ccc(OC)cc3)c2)N1C. The van der Waals surface area contributed by atoms with E-state index in [1.807, 2.05) is 55.6 Å². The molecule has 0 saturated carbocycles. The summed E-state index contributed by atoms with van der Waals surface area (Å²) in [6.07, 6.45) is 2.45. The van der Waals surface area contributed by atoms with E-state index in [0.717, 1.165) is 29.7 Å². The minimum absolute atomic E-state index is 0.0573. The maximum atomic E-state index is 12.7. The Kier molecular flexibility index (Phi) is 6.88. The zero-order valence-corrected chi connectivity index (χ0v) is 17.3. The van der Waals surface area contributed by atoms with Gasteiger partial charge in [0.2, 0.25) is 5.91 Å². The molecule has 1 heterocycles. The molecule has 1 aliphatic heterocycles. The summed E-state index contributed by atoms with van der Waals surface area (Å²) in [5, 5.41) is 5.74. The Morgan fingerprint density at radius 3 is 2.48 bits per heavy atom. The van der Waals surface area contributed by atoms with Gasteiger partial charge in [0.05, 0.1) is 7.11 Å². The fraction of sp³-hybridized carbons (Fsp3) is 0.391. The number of benzene rings is 2. The molecule has 154 valence electrons. The first-order chi connectivity index (χ1) is 14.0. The van der Waals surface area contributed by atoms with E-state index in [-0.39, 0.29) is 23.9 Å². The van der Waals surface area contributed by atoms with E-state index in [0.29, 0.717) is 18.5 Å². The van der Waals surface area contributed by atoms with Crippen LogP contribution in [0.1, 0.15) is 29.6 Å². The zero-order chi connectivity index (χ0) is 20.8. The van der Waals surface area contributed by atoms with Crippen LogP contribution in [0, 0.1) is 0 Å². The summed E-state index contributed by atoms with van der Waals surface area (Å²) in [6.45, 7) is 0.576. The van der Waals surface area contributed by atoms with Crippen LogP contribution < -0.4 is 15.4 Å². The van der Waals surface area contributed by atoms with Gasteiger partial charge in [-0.25, -0.2) is 0 Å². The average molecular weight is 396 g/mol. The number of ether oxygens (including phenoxy) is 1. The molecule has 2 atom stereocenters. The van der Waals surface area contributed by atoms with Gasteiger partial charge in [0.1, 0.15) is 5.75 Å². The highest BCUT2D eigenvalue weighted by Gasteiger charge is 2.31. The van der Waals surface area contributed by atoms with Gasteiger partial charge in [-0.1, -0.05) is 24.3 Å². The van der Waals surface area contributed by atoms with Crippen molar-refractivity contribution in [3.8, 4) is 16.9 Å². The monoisotopic (exact) mass is 395 g/mol. The molecule has 2 aromatic carbocycles. The Hall–Kier alpha value is -2.86. The quantitative estimate of drug-likeness (QED) is 0.756. The van der Waals surface area contributed by atoms with E-state index in [4.69, 9.17) is 4.74 Å². The van der Waals surface area contributed by atoms with Crippen molar-refractivity contribution in [3.63, 3.8) is 0 Å². The molecule has 29 heavy (non-hydrogen) atoms. The molecule has 2 aromatic rings. The molecule has 1 aliphatic rings. The van der Waals surface area contributed by atoms with Crippen molar-refractivity contribution >= 4 is 11.8 Å². The highest BCUT2D eigenvalue weighted by atomic mass is 16.5. The average Bonchev–Trinajstić information content (AvgIpc) is 3.11. The van der Waals surface area contributed by atoms with E-state index in [1.54, 1.807) is 14.2 Å². The molecule has 1 saturated heterocycles. The molecule has 6 nitrogen and oxygen atoms in total. The molecule has 2 N–H and O–H groups in total. The van der Waals surface area contributed by atoms with Crippen molar-refractivity contribution in [1.82, 2.24) is 15.5 Å². The minimum atomic E-state index is -0.0801. The third kappa shape index (κ3) is 5.15. The number of rotatable bonds is 7. The predicted molar refractivity (Wildman–Crippen MR) is 114 cm³/mol. The number of carbonyl (C=O) groups is 2. The maximum Gasteiger partial charge on any atom is 0.251 e. The Labute approximate surface area is 172 Å². The molecule has 0 aromatic heterocycles. The van der Waals surface area contributed by atoms with Crippen LogP contribution in [-0.2, 0) is 4.79 Å². The first-order valence-corrected chi connectivity index (χ1v) is 9.97. The number of likely N-dealkylation sites (N-methyl/N-ethyl adjacent to an activating group) is 1. The van der Waals surface area contributed by atoms with E-state index in [2.05, 4.69) is 15.5 Å². The summed E-state index contributed by atoms with van der Waals surface area (Å²) in [7, 11) is 5.33. The first kappa shape index (κ1) is 20.9. The maximum absolute atomic E-state index is 12.7. The Morgan fingerprint density at radius 1 is 1.07 bits per heavy atom. The topological polar surface area (TPSA) is 70.7 Å². The standard InChI is InChI=1S/C23H29N3O3/c1-24-22(27)14-19-9-10-20(26(19)2)15-25-23(28)18-6-4-5-17(13-18)16-7-11-21(29-3)12-8-16/h4-8,11-13,19-20H,9-10,14-15H2,1-3H3,(H,24,27)(H,25,28)/t19-,20+/m1/s1. The van der Waals surface area contributed by atoms with Crippen LogP contribution in [-0.4, -0.2) is 56.5 Å². The lowest BCUT2D eigenvalue weighted by Crippen LogP contribution is -2.42. The van der Waals surface area contributed by atoms with Crippen molar-refractivity contribution in [2.24, 2.45) is 0 Å². The fourth-order valence-electron chi connectivity index (χ4n) is 3.83. The van der Waals surface area contributed by atoms with Gasteiger partial charge in [0.25, 0.3) is 5.91 Å². The molecule has 2 amide bonds. The molecule has 0 radical (unpaired) electrons. The van der Waals surface area contributed by atoms with Gasteiger partial charge in [-0.3, -0.25) is 14.5 Å². The van der Waals surface area contributed by atoms with Crippen molar-refractivity contribution in [2.75, 3.05) is 27.7 Å². The fourth-order valence-corrected chi connectivity index (χ4v) is 3.83. The van der Waals surface area contributed by atoms with Crippen LogP contribution >= 0.6 is 0 Å². The lowest BCUT2D eigenvalue weighted by molar-refractivity contribution is -0.121. The highest BCUT2D eigenvalue weighted by Crippen LogP contribution is 2.25. The Balaban J connectivity index is 1.59. The number of methoxy groups -OCH3 is 1. The number of likely N-dealkylation sites (tertiary alicyclic amines) is 1. The van der Waals surface area contributed by atoms with Crippen LogP contribution in [0.25, 0.3) is 11.1 Å². The van der Waals surface area contributed by atoms with Crippen molar-refractivity contribution in [1.29, 1.82) is 0 Å². The molecule has 3 rings (SSSR count). The molecule has 1 fully saturated rings. The Bertz CT molecular complexity index is 851. The number of nitrogens with zero attached hydrogens (tertiary/aromatic N) is 1. The van der Waals surface area contributed by atoms with E-state index in [1.165, 1.54) is 0 Å². The second-order valence-corrected chi connectivity index (χ2v) is 7.45. The first-order valence-electron chi connectivity index (χ1n) is 9.97. The smallest absolute Gasteiger partial charge is 0.251 e. The number of hydrogen-bond acceptors (Lipinski definition) is 4. The van der Waals surface area contributed by atoms with Gasteiger partial charge in [-0.15, -0.1) is 0 Å². The van der Waals surface area contributed by atoms with Gasteiger partial charge in [0, 0.05) is 37.7 Å². The van der Waals surface area contributed by atoms with Crippen LogP contribution in [0.2, 0.25) is 0 Å². The molecule has 0 bridgehead atoms. The molecular weight excluding hydrogens is 366 g/mol. The summed E-state index contributed by atoms with van der Waals surface area (Å²) >= 11 is 0. The summed E-state index contributed by atoms with van der Waals surface area (Å²) in [5.74, 6) is 0.781. The van der Waals surface area contributed by atoms with Gasteiger partial charge in [-0.05, 0) is 55.3 Å². The molecular formula is C23H29N3O3. The second kappa shape index (κ2) is 9.56. The third-order valence-electron chi connectivity index (χ3n) is 5.73. The normalized spacial score (nSPS) is 19.0. The largest absolute Gasteiger partial charge is 0.497 e. The lowest BCUT2D eigenvalue weighted by atomic mass is 10.0. The van der Waals surface area contributed by atoms with Gasteiger partial charge < -0.3 is 15.4 Å². The van der Waals surface area contributed by atoms with Crippen LogP contribution in [0.15, 0.2) is 48.5 Å². The predicted octanol–water partition coefficient (Wildman–Crippen LogP) is 2.69. The number of nitrogens with one attached hydrogen (secondary N) is 2. The summed E-state index contributed by atoms with van der Waals surface area (Å²) in [5.41, 5.74) is 2.66. The number of amides is 2. The summed E-state index contributed by atoms with van der Waals surface area (Å²) < 4.78 is 5.20. The van der Waals surface area contributed by atoms with Crippen LogP contribution in [0.3, 0.4) is 0 Å². The highest BCUT2D eigenvalue weighted by molar-refractivity contribution is 5.95. The van der Waals surface area contributed by atoms with Gasteiger partial charge in [0.15, 0.2) is 0 Å². The zero-order valence-electron chi connectivity index (χ0n) is 17.3. The number of hydrogen-bond donors (Lipinski definition) is 2. The van der Waals surface area contributed by atoms with Crippen molar-refractivity contribution in [3.05, 3.63) is 54.1 Å². The van der Waals surface area contributed by atoms with Crippen LogP contribution in [0.5, 0.6) is 5.75 Å². The Morgan fingerprint density at radius 2 is 1.79 bits per heavy atom. The second-order valence-electron chi connectivity index (χ2n) is 7.45.